The predicted octanol–water partition coefficient (Wildman–Crippen LogP) is 4.95. The maximum atomic E-state index is 13.6. The van der Waals surface area contributed by atoms with Gasteiger partial charge < -0.3 is 10.1 Å². The van der Waals surface area contributed by atoms with Crippen LogP contribution >= 0.6 is 11.6 Å². The Bertz CT molecular complexity index is 618. The first-order valence-corrected chi connectivity index (χ1v) is 7.86. The van der Waals surface area contributed by atoms with Gasteiger partial charge in [-0.3, -0.25) is 0 Å². The third-order valence-electron chi connectivity index (χ3n) is 3.62. The zero-order valence-corrected chi connectivity index (χ0v) is 13.7. The van der Waals surface area contributed by atoms with E-state index in [9.17, 15) is 4.39 Å². The van der Waals surface area contributed by atoms with Gasteiger partial charge >= 0.3 is 0 Å². The minimum absolute atomic E-state index is 0.199. The van der Waals surface area contributed by atoms with Crippen LogP contribution < -0.4 is 10.1 Å². The molecule has 0 amide bonds. The van der Waals surface area contributed by atoms with Crippen LogP contribution in [0.4, 0.5) is 4.39 Å². The van der Waals surface area contributed by atoms with E-state index in [1.165, 1.54) is 6.07 Å². The largest absolute Gasteiger partial charge is 0.488 e. The normalized spacial score (nSPS) is 12.2. The van der Waals surface area contributed by atoms with E-state index in [1.54, 1.807) is 24.3 Å². The number of benzene rings is 2. The van der Waals surface area contributed by atoms with E-state index >= 15 is 0 Å². The molecule has 0 aliphatic rings. The number of ether oxygens (including phenoxy) is 1. The molecule has 0 saturated carbocycles. The summed E-state index contributed by atoms with van der Waals surface area (Å²) in [7, 11) is 0. The van der Waals surface area contributed by atoms with Crippen LogP contribution in [-0.2, 0) is 13.2 Å². The standard InChI is InChI=1S/C18H21ClFNO/c1-3-13(2)21-11-15-10-16(19)8-9-18(15)22-12-14-6-4-5-7-17(14)20/h4-10,13,21H,3,11-12H2,1-2H3. The molecule has 2 aromatic rings. The first-order valence-electron chi connectivity index (χ1n) is 7.48. The Kier molecular flexibility index (Phi) is 6.22. The van der Waals surface area contributed by atoms with Crippen LogP contribution in [0.5, 0.6) is 5.75 Å². The van der Waals surface area contributed by atoms with E-state index in [0.29, 0.717) is 23.2 Å². The van der Waals surface area contributed by atoms with Gasteiger partial charge in [-0.2, -0.15) is 0 Å². The first kappa shape index (κ1) is 16.8. The van der Waals surface area contributed by atoms with E-state index in [0.717, 1.165) is 17.7 Å². The smallest absolute Gasteiger partial charge is 0.129 e. The van der Waals surface area contributed by atoms with Crippen LogP contribution in [0, 0.1) is 5.82 Å². The Balaban J connectivity index is 2.08. The Morgan fingerprint density at radius 2 is 1.95 bits per heavy atom. The molecule has 0 fully saturated rings. The van der Waals surface area contributed by atoms with Crippen molar-refractivity contribution in [2.45, 2.75) is 39.5 Å². The minimum atomic E-state index is -0.254. The molecule has 0 spiro atoms. The fourth-order valence-electron chi connectivity index (χ4n) is 2.03. The summed E-state index contributed by atoms with van der Waals surface area (Å²) >= 11 is 6.07. The monoisotopic (exact) mass is 321 g/mol. The fraction of sp³-hybridized carbons (Fsp3) is 0.333. The average Bonchev–Trinajstić information content (AvgIpc) is 2.53. The van der Waals surface area contributed by atoms with E-state index in [2.05, 4.69) is 19.2 Å². The number of hydrogen-bond acceptors (Lipinski definition) is 2. The quantitative estimate of drug-likeness (QED) is 0.779. The van der Waals surface area contributed by atoms with Crippen molar-refractivity contribution in [1.82, 2.24) is 5.32 Å². The summed E-state index contributed by atoms with van der Waals surface area (Å²) in [5.41, 5.74) is 1.52. The molecular weight excluding hydrogens is 301 g/mol. The highest BCUT2D eigenvalue weighted by atomic mass is 35.5. The molecular formula is C18H21ClFNO. The highest BCUT2D eigenvalue weighted by molar-refractivity contribution is 6.30. The van der Waals surface area contributed by atoms with Gasteiger partial charge in [-0.05, 0) is 37.6 Å². The molecule has 1 N–H and O–H groups in total. The first-order chi connectivity index (χ1) is 10.6. The van der Waals surface area contributed by atoms with Crippen molar-refractivity contribution in [1.29, 1.82) is 0 Å². The van der Waals surface area contributed by atoms with E-state index in [-0.39, 0.29) is 12.4 Å². The molecule has 0 heterocycles. The van der Waals surface area contributed by atoms with E-state index in [1.807, 2.05) is 12.1 Å². The molecule has 4 heteroatoms. The second kappa shape index (κ2) is 8.16. The molecule has 0 saturated heterocycles. The number of rotatable bonds is 7. The van der Waals surface area contributed by atoms with Crippen LogP contribution in [0.15, 0.2) is 42.5 Å². The lowest BCUT2D eigenvalue weighted by molar-refractivity contribution is 0.295. The van der Waals surface area contributed by atoms with Gasteiger partial charge in [-0.25, -0.2) is 4.39 Å². The predicted molar refractivity (Wildman–Crippen MR) is 88.8 cm³/mol. The molecule has 1 atom stereocenters. The van der Waals surface area contributed by atoms with Crippen LogP contribution in [0.2, 0.25) is 5.02 Å². The van der Waals surface area contributed by atoms with Crippen LogP contribution in [-0.4, -0.2) is 6.04 Å². The zero-order valence-electron chi connectivity index (χ0n) is 12.9. The van der Waals surface area contributed by atoms with Crippen molar-refractivity contribution in [3.8, 4) is 5.75 Å². The highest BCUT2D eigenvalue weighted by Gasteiger charge is 2.08. The Morgan fingerprint density at radius 1 is 1.18 bits per heavy atom. The summed E-state index contributed by atoms with van der Waals surface area (Å²) in [6, 6.07) is 12.5. The third-order valence-corrected chi connectivity index (χ3v) is 3.85. The van der Waals surface area contributed by atoms with E-state index < -0.39 is 0 Å². The lowest BCUT2D eigenvalue weighted by Crippen LogP contribution is -2.24. The summed E-state index contributed by atoms with van der Waals surface area (Å²) in [6.07, 6.45) is 1.05. The van der Waals surface area contributed by atoms with Crippen molar-refractivity contribution in [3.05, 3.63) is 64.4 Å². The number of hydrogen-bond donors (Lipinski definition) is 1. The van der Waals surface area contributed by atoms with Crippen molar-refractivity contribution >= 4 is 11.6 Å². The summed E-state index contributed by atoms with van der Waals surface area (Å²) in [4.78, 5) is 0. The summed E-state index contributed by atoms with van der Waals surface area (Å²) in [6.45, 7) is 5.13. The SMILES string of the molecule is CCC(C)NCc1cc(Cl)ccc1OCc1ccccc1F. The van der Waals surface area contributed by atoms with Gasteiger partial charge in [0.2, 0.25) is 0 Å². The van der Waals surface area contributed by atoms with Gasteiger partial charge in [-0.1, -0.05) is 36.7 Å². The van der Waals surface area contributed by atoms with Crippen LogP contribution in [0.3, 0.4) is 0 Å². The number of halogens is 2. The van der Waals surface area contributed by atoms with Gasteiger partial charge in [-0.15, -0.1) is 0 Å². The second-order valence-electron chi connectivity index (χ2n) is 5.32. The summed E-state index contributed by atoms with van der Waals surface area (Å²) in [5, 5.41) is 4.08. The molecule has 118 valence electrons. The van der Waals surface area contributed by atoms with Crippen molar-refractivity contribution < 1.29 is 9.13 Å². The Labute approximate surface area is 136 Å². The molecule has 22 heavy (non-hydrogen) atoms. The maximum absolute atomic E-state index is 13.6. The molecule has 2 aromatic carbocycles. The van der Waals surface area contributed by atoms with E-state index in [4.69, 9.17) is 16.3 Å². The van der Waals surface area contributed by atoms with Gasteiger partial charge in [0.15, 0.2) is 0 Å². The number of nitrogens with one attached hydrogen (secondary N) is 1. The molecule has 0 aliphatic heterocycles. The van der Waals surface area contributed by atoms with Crippen LogP contribution in [0.1, 0.15) is 31.4 Å². The highest BCUT2D eigenvalue weighted by Crippen LogP contribution is 2.24. The third kappa shape index (κ3) is 4.72. The average molecular weight is 322 g/mol. The van der Waals surface area contributed by atoms with Gasteiger partial charge in [0.25, 0.3) is 0 Å². The minimum Gasteiger partial charge on any atom is -0.488 e. The van der Waals surface area contributed by atoms with Gasteiger partial charge in [0.1, 0.15) is 18.2 Å². The van der Waals surface area contributed by atoms with Crippen molar-refractivity contribution in [2.24, 2.45) is 0 Å². The van der Waals surface area contributed by atoms with Gasteiger partial charge in [0, 0.05) is 28.7 Å². The molecule has 1 unspecified atom stereocenters. The summed E-state index contributed by atoms with van der Waals surface area (Å²) < 4.78 is 19.4. The zero-order chi connectivity index (χ0) is 15.9. The summed E-state index contributed by atoms with van der Waals surface area (Å²) in [5.74, 6) is 0.471. The topological polar surface area (TPSA) is 21.3 Å². The Morgan fingerprint density at radius 3 is 2.68 bits per heavy atom. The lowest BCUT2D eigenvalue weighted by atomic mass is 10.1. The fourth-order valence-corrected chi connectivity index (χ4v) is 2.22. The molecule has 0 aliphatic carbocycles. The van der Waals surface area contributed by atoms with Crippen molar-refractivity contribution in [3.63, 3.8) is 0 Å². The van der Waals surface area contributed by atoms with Crippen molar-refractivity contribution in [2.75, 3.05) is 0 Å². The maximum Gasteiger partial charge on any atom is 0.129 e. The molecule has 2 nitrogen and oxygen atoms in total. The molecule has 0 radical (unpaired) electrons. The van der Waals surface area contributed by atoms with Gasteiger partial charge in [0.05, 0.1) is 0 Å². The lowest BCUT2D eigenvalue weighted by Gasteiger charge is -2.15. The van der Waals surface area contributed by atoms with Crippen LogP contribution in [0.25, 0.3) is 0 Å². The molecule has 0 aromatic heterocycles. The second-order valence-corrected chi connectivity index (χ2v) is 5.76. The Hall–Kier alpha value is -1.58. The molecule has 0 bridgehead atoms. The molecule has 2 rings (SSSR count).